The smallest absolute Gasteiger partial charge is 0.345 e. The van der Waals surface area contributed by atoms with E-state index in [0.29, 0.717) is 11.3 Å². The van der Waals surface area contributed by atoms with Crippen LogP contribution >= 0.6 is 0 Å². The summed E-state index contributed by atoms with van der Waals surface area (Å²) in [4.78, 5) is 35.4. The van der Waals surface area contributed by atoms with Gasteiger partial charge in [0, 0.05) is 11.5 Å². The average molecular weight is 442 g/mol. The fraction of sp³-hybridized carbons (Fsp3) is 0.273. The third-order valence-electron chi connectivity index (χ3n) is 4.58. The number of ether oxygens (including phenoxy) is 3. The molecule has 3 rings (SSSR count). The number of rotatable bonds is 9. The fourth-order valence-electron chi connectivity index (χ4n) is 3.07. The van der Waals surface area contributed by atoms with Gasteiger partial charge in [0.1, 0.15) is 16.9 Å². The Balaban J connectivity index is 1.67. The van der Waals surface area contributed by atoms with Crippen LogP contribution in [-0.4, -0.2) is 37.1 Å². The summed E-state index contributed by atoms with van der Waals surface area (Å²) in [5.41, 5.74) is -0.185. The van der Waals surface area contributed by atoms with Crippen molar-refractivity contribution in [2.24, 2.45) is 0 Å². The van der Waals surface area contributed by atoms with Crippen molar-refractivity contribution in [2.45, 2.75) is 19.9 Å². The number of amides is 1. The maximum absolute atomic E-state index is 12.5. The Morgan fingerprint density at radius 1 is 1.19 bits per heavy atom. The first kappa shape index (κ1) is 22.6. The number of methoxy groups -OCH3 is 1. The molecule has 2 aromatic carbocycles. The van der Waals surface area contributed by atoms with Crippen LogP contribution in [0.1, 0.15) is 36.0 Å². The first-order valence-electron chi connectivity index (χ1n) is 9.78. The molecule has 32 heavy (non-hydrogen) atoms. The molecule has 0 spiro atoms. The van der Waals surface area contributed by atoms with Gasteiger partial charge in [-0.15, -0.1) is 0 Å². The van der Waals surface area contributed by atoms with Crippen LogP contribution in [0.15, 0.2) is 46.9 Å². The number of hydrogen-bond acceptors (Lipinski definition) is 8. The molecule has 0 saturated heterocycles. The van der Waals surface area contributed by atoms with E-state index in [1.54, 1.807) is 13.8 Å². The summed E-state index contributed by atoms with van der Waals surface area (Å²) in [5.74, 6) is -0.836. The normalized spacial score (nSPS) is 11.6. The Morgan fingerprint density at radius 2 is 1.94 bits per heavy atom. The van der Waals surface area contributed by atoms with Crippen molar-refractivity contribution in [2.75, 3.05) is 20.3 Å². The van der Waals surface area contributed by atoms with E-state index in [9.17, 15) is 19.7 Å². The van der Waals surface area contributed by atoms with Gasteiger partial charge >= 0.3 is 5.97 Å². The monoisotopic (exact) mass is 442 g/mol. The Labute approximate surface area is 183 Å². The highest BCUT2D eigenvalue weighted by atomic mass is 16.6. The Morgan fingerprint density at radius 3 is 2.59 bits per heavy atom. The van der Waals surface area contributed by atoms with Gasteiger partial charge in [-0.1, -0.05) is 18.2 Å². The minimum absolute atomic E-state index is 0.121. The number of nitrogens with zero attached hydrogens (tertiary/aromatic N) is 1. The van der Waals surface area contributed by atoms with Crippen LogP contribution in [0.2, 0.25) is 0 Å². The molecule has 10 nitrogen and oxygen atoms in total. The van der Waals surface area contributed by atoms with Gasteiger partial charge in [0.05, 0.1) is 30.7 Å². The molecular formula is C22H22N2O8. The van der Waals surface area contributed by atoms with Crippen molar-refractivity contribution in [3.05, 3.63) is 63.9 Å². The van der Waals surface area contributed by atoms with Gasteiger partial charge in [0.2, 0.25) is 0 Å². The molecule has 10 heteroatoms. The lowest BCUT2D eigenvalue weighted by molar-refractivity contribution is -0.385. The Hall–Kier alpha value is -4.08. The molecule has 0 bridgehead atoms. The van der Waals surface area contributed by atoms with Gasteiger partial charge in [-0.2, -0.15) is 0 Å². The van der Waals surface area contributed by atoms with Gasteiger partial charge < -0.3 is 23.9 Å². The third-order valence-corrected chi connectivity index (χ3v) is 4.58. The highest BCUT2D eigenvalue weighted by molar-refractivity contribution is 5.96. The third kappa shape index (κ3) is 4.97. The van der Waals surface area contributed by atoms with Crippen molar-refractivity contribution in [1.29, 1.82) is 0 Å². The SMILES string of the molecule is CCOc1cc([N+](=O)[O-])c(C(=O)OCC(=O)NC(C)c2cc3ccccc3o2)cc1OC. The van der Waals surface area contributed by atoms with E-state index in [1.807, 2.05) is 30.3 Å². The number of furan rings is 1. The zero-order chi connectivity index (χ0) is 23.3. The molecule has 1 aromatic heterocycles. The Kier molecular flexibility index (Phi) is 6.93. The predicted molar refractivity (Wildman–Crippen MR) is 114 cm³/mol. The molecule has 1 atom stereocenters. The molecule has 0 aliphatic rings. The lowest BCUT2D eigenvalue weighted by Gasteiger charge is -2.13. The molecule has 0 fully saturated rings. The van der Waals surface area contributed by atoms with E-state index in [4.69, 9.17) is 18.6 Å². The summed E-state index contributed by atoms with van der Waals surface area (Å²) in [6.07, 6.45) is 0. The predicted octanol–water partition coefficient (Wildman–Crippen LogP) is 3.78. The number of benzene rings is 2. The molecule has 168 valence electrons. The minimum atomic E-state index is -1.04. The van der Waals surface area contributed by atoms with Crippen LogP contribution < -0.4 is 14.8 Å². The standard InChI is InChI=1S/C22H22N2O8/c1-4-30-20-11-16(24(27)28)15(10-19(20)29-3)22(26)31-12-21(25)23-13(2)18-9-14-7-5-6-8-17(14)32-18/h5-11,13H,4,12H2,1-3H3,(H,23,25). The highest BCUT2D eigenvalue weighted by Crippen LogP contribution is 2.35. The van der Waals surface area contributed by atoms with Gasteiger partial charge in [-0.05, 0) is 26.0 Å². The van der Waals surface area contributed by atoms with Crippen molar-refractivity contribution in [3.8, 4) is 11.5 Å². The number of nitro groups is 1. The summed E-state index contributed by atoms with van der Waals surface area (Å²) in [5, 5.41) is 15.0. The van der Waals surface area contributed by atoms with Crippen LogP contribution in [0, 0.1) is 10.1 Å². The number of carbonyl (C=O) groups is 2. The number of fused-ring (bicyclic) bond motifs is 1. The van der Waals surface area contributed by atoms with Gasteiger partial charge in [-0.3, -0.25) is 14.9 Å². The molecule has 0 radical (unpaired) electrons. The summed E-state index contributed by atoms with van der Waals surface area (Å²) in [6.45, 7) is 3.05. The molecule has 1 amide bonds. The number of nitrogens with one attached hydrogen (secondary N) is 1. The van der Waals surface area contributed by atoms with Crippen molar-refractivity contribution in [3.63, 3.8) is 0 Å². The topological polar surface area (TPSA) is 130 Å². The van der Waals surface area contributed by atoms with Crippen molar-refractivity contribution in [1.82, 2.24) is 5.32 Å². The molecule has 1 N–H and O–H groups in total. The second-order valence-electron chi connectivity index (χ2n) is 6.76. The van der Waals surface area contributed by atoms with E-state index < -0.39 is 35.1 Å². The second-order valence-corrected chi connectivity index (χ2v) is 6.76. The average Bonchev–Trinajstić information content (AvgIpc) is 3.22. The van der Waals surface area contributed by atoms with Gasteiger partial charge in [0.15, 0.2) is 18.1 Å². The van der Waals surface area contributed by atoms with Crippen molar-refractivity contribution >= 4 is 28.5 Å². The molecule has 0 aliphatic carbocycles. The zero-order valence-electron chi connectivity index (χ0n) is 17.7. The minimum Gasteiger partial charge on any atom is -0.493 e. The molecule has 1 unspecified atom stereocenters. The number of hydrogen-bond donors (Lipinski definition) is 1. The van der Waals surface area contributed by atoms with E-state index in [0.717, 1.165) is 17.5 Å². The van der Waals surface area contributed by atoms with E-state index in [-0.39, 0.29) is 23.7 Å². The molecule has 1 heterocycles. The van der Waals surface area contributed by atoms with Crippen LogP contribution in [0.5, 0.6) is 11.5 Å². The summed E-state index contributed by atoms with van der Waals surface area (Å²) >= 11 is 0. The molecule has 0 saturated carbocycles. The maximum atomic E-state index is 12.5. The van der Waals surface area contributed by atoms with Crippen LogP contribution in [-0.2, 0) is 9.53 Å². The fourth-order valence-corrected chi connectivity index (χ4v) is 3.07. The number of nitro benzene ring substituents is 1. The number of carbonyl (C=O) groups excluding carboxylic acids is 2. The van der Waals surface area contributed by atoms with E-state index in [2.05, 4.69) is 5.32 Å². The first-order chi connectivity index (χ1) is 15.3. The molecular weight excluding hydrogens is 420 g/mol. The first-order valence-corrected chi connectivity index (χ1v) is 9.78. The summed E-state index contributed by atoms with van der Waals surface area (Å²) < 4.78 is 21.1. The number of esters is 1. The highest BCUT2D eigenvalue weighted by Gasteiger charge is 2.26. The zero-order valence-corrected chi connectivity index (χ0v) is 17.7. The maximum Gasteiger partial charge on any atom is 0.345 e. The number of para-hydroxylation sites is 1. The van der Waals surface area contributed by atoms with Crippen molar-refractivity contribution < 1.29 is 33.1 Å². The van der Waals surface area contributed by atoms with Crippen LogP contribution in [0.4, 0.5) is 5.69 Å². The lowest BCUT2D eigenvalue weighted by atomic mass is 10.1. The molecule has 0 aliphatic heterocycles. The Bertz CT molecular complexity index is 1120. The quantitative estimate of drug-likeness (QED) is 0.301. The second kappa shape index (κ2) is 9.82. The van der Waals surface area contributed by atoms with Crippen LogP contribution in [0.3, 0.4) is 0 Å². The van der Waals surface area contributed by atoms with E-state index in [1.165, 1.54) is 7.11 Å². The summed E-state index contributed by atoms with van der Waals surface area (Å²) in [7, 11) is 1.34. The molecule has 3 aromatic rings. The lowest BCUT2D eigenvalue weighted by Crippen LogP contribution is -2.31. The van der Waals surface area contributed by atoms with Crippen LogP contribution in [0.25, 0.3) is 11.0 Å². The van der Waals surface area contributed by atoms with Gasteiger partial charge in [-0.25, -0.2) is 4.79 Å². The van der Waals surface area contributed by atoms with E-state index >= 15 is 0 Å². The van der Waals surface area contributed by atoms with Gasteiger partial charge in [0.25, 0.3) is 11.6 Å². The summed E-state index contributed by atoms with van der Waals surface area (Å²) in [6, 6.07) is 11.0. The largest absolute Gasteiger partial charge is 0.493 e.